The van der Waals surface area contributed by atoms with Crippen LogP contribution in [0.5, 0.6) is 0 Å². The predicted octanol–water partition coefficient (Wildman–Crippen LogP) is 4.94. The number of carbonyl (C=O) groups excluding carboxylic acids is 3. The number of hydrogen-bond acceptors (Lipinski definition) is 7. The van der Waals surface area contributed by atoms with Gasteiger partial charge >= 0.3 is 6.09 Å². The maximum atomic E-state index is 13.6. The second kappa shape index (κ2) is 12.3. The zero-order valence-electron chi connectivity index (χ0n) is 26.8. The van der Waals surface area contributed by atoms with E-state index in [-0.39, 0.29) is 17.9 Å². The van der Waals surface area contributed by atoms with E-state index < -0.39 is 5.60 Å². The van der Waals surface area contributed by atoms with Gasteiger partial charge in [0.2, 0.25) is 0 Å². The molecule has 0 spiro atoms. The molecule has 12 heteroatoms. The number of fused-ring (bicyclic) bond motifs is 2. The van der Waals surface area contributed by atoms with Gasteiger partial charge < -0.3 is 19.9 Å². The summed E-state index contributed by atoms with van der Waals surface area (Å²) in [4.78, 5) is 51.7. The molecule has 1 fully saturated rings. The molecule has 6 rings (SSSR count). The third-order valence-corrected chi connectivity index (χ3v) is 7.90. The Morgan fingerprint density at radius 2 is 1.72 bits per heavy atom. The fourth-order valence-corrected chi connectivity index (χ4v) is 5.69. The van der Waals surface area contributed by atoms with E-state index in [1.807, 2.05) is 75.7 Å². The van der Waals surface area contributed by atoms with Crippen molar-refractivity contribution in [2.45, 2.75) is 53.2 Å². The summed E-state index contributed by atoms with van der Waals surface area (Å²) in [6.45, 7) is 11.6. The van der Waals surface area contributed by atoms with Crippen molar-refractivity contribution in [3.8, 4) is 0 Å². The van der Waals surface area contributed by atoms with E-state index in [0.29, 0.717) is 61.7 Å². The average molecular weight is 623 g/mol. The highest BCUT2D eigenvalue weighted by Crippen LogP contribution is 2.29. The molecule has 0 bridgehead atoms. The molecule has 1 aromatic carbocycles. The molecule has 0 aliphatic carbocycles. The highest BCUT2D eigenvalue weighted by molar-refractivity contribution is 6.09. The topological polar surface area (TPSA) is 127 Å². The molecule has 0 radical (unpaired) electrons. The van der Waals surface area contributed by atoms with Crippen LogP contribution < -0.4 is 5.32 Å². The van der Waals surface area contributed by atoms with Crippen LogP contribution in [0.1, 0.15) is 65.6 Å². The number of hydrogen-bond donors (Lipinski definition) is 1. The minimum absolute atomic E-state index is 0.156. The minimum atomic E-state index is -0.575. The van der Waals surface area contributed by atoms with Crippen molar-refractivity contribution in [2.75, 3.05) is 31.5 Å². The van der Waals surface area contributed by atoms with Crippen molar-refractivity contribution in [1.82, 2.24) is 33.9 Å². The molecule has 1 N–H and O–H groups in total. The van der Waals surface area contributed by atoms with Gasteiger partial charge in [-0.15, -0.1) is 0 Å². The maximum Gasteiger partial charge on any atom is 0.410 e. The number of carbonyl (C=O) groups is 3. The van der Waals surface area contributed by atoms with Crippen LogP contribution in [0.3, 0.4) is 0 Å². The summed E-state index contributed by atoms with van der Waals surface area (Å²) in [5.41, 5.74) is 5.01. The molecule has 12 nitrogen and oxygen atoms in total. The number of pyridine rings is 2. The molecule has 238 valence electrons. The summed E-state index contributed by atoms with van der Waals surface area (Å²) in [5, 5.41) is 8.81. The van der Waals surface area contributed by atoms with Crippen LogP contribution in [0, 0.1) is 6.92 Å². The van der Waals surface area contributed by atoms with Crippen molar-refractivity contribution >= 4 is 40.1 Å². The van der Waals surface area contributed by atoms with E-state index in [0.717, 1.165) is 28.0 Å². The van der Waals surface area contributed by atoms with Crippen molar-refractivity contribution < 1.29 is 19.1 Å². The van der Waals surface area contributed by atoms with Gasteiger partial charge in [-0.3, -0.25) is 23.7 Å². The summed E-state index contributed by atoms with van der Waals surface area (Å²) in [7, 11) is 0. The number of aromatic nitrogens is 5. The molecule has 5 heterocycles. The molecule has 4 aromatic heterocycles. The van der Waals surface area contributed by atoms with Gasteiger partial charge in [0.05, 0.1) is 35.3 Å². The van der Waals surface area contributed by atoms with Crippen LogP contribution in [-0.4, -0.2) is 83.6 Å². The largest absolute Gasteiger partial charge is 0.444 e. The first-order chi connectivity index (χ1) is 22.0. The minimum Gasteiger partial charge on any atom is -0.444 e. The zero-order valence-corrected chi connectivity index (χ0v) is 26.8. The predicted molar refractivity (Wildman–Crippen MR) is 174 cm³/mol. The monoisotopic (exact) mass is 622 g/mol. The van der Waals surface area contributed by atoms with Gasteiger partial charge in [-0.2, -0.15) is 5.10 Å². The van der Waals surface area contributed by atoms with Crippen molar-refractivity contribution in [2.24, 2.45) is 0 Å². The molecule has 3 amide bonds. The van der Waals surface area contributed by atoms with Gasteiger partial charge in [0, 0.05) is 49.0 Å². The first-order valence-corrected chi connectivity index (χ1v) is 15.5. The van der Waals surface area contributed by atoms with E-state index in [1.54, 1.807) is 32.5 Å². The van der Waals surface area contributed by atoms with Gasteiger partial charge in [-0.1, -0.05) is 19.1 Å². The molecule has 1 aliphatic heterocycles. The third-order valence-electron chi connectivity index (χ3n) is 7.90. The first kappa shape index (κ1) is 30.8. The van der Waals surface area contributed by atoms with E-state index in [9.17, 15) is 14.4 Å². The molecule has 46 heavy (non-hydrogen) atoms. The van der Waals surface area contributed by atoms with E-state index in [2.05, 4.69) is 15.3 Å². The summed E-state index contributed by atoms with van der Waals surface area (Å²) in [6, 6.07) is 15.1. The number of aryl methyl sites for hydroxylation is 2. The fourth-order valence-electron chi connectivity index (χ4n) is 5.69. The van der Waals surface area contributed by atoms with Crippen molar-refractivity contribution in [1.29, 1.82) is 0 Å². The standard InChI is InChI=1S/C34H38N8O4/c1-6-25-30-26(11-8-12-27(30)42(38-25)21-24-10-7-9-22(2)36-24)37-31(43)28-20-35-29-19-23(13-14-41(28)29)32(44)39-15-17-40(18-16-39)33(45)46-34(3,4)5/h7-14,19-20H,6,15-18,21H2,1-5H3,(H,37,43). The Kier molecular flexibility index (Phi) is 8.20. The molecular formula is C34H38N8O4. The van der Waals surface area contributed by atoms with Gasteiger partial charge in [-0.05, 0) is 70.5 Å². The van der Waals surface area contributed by atoms with Crippen LogP contribution in [0.15, 0.2) is 60.9 Å². The molecule has 1 saturated heterocycles. The Morgan fingerprint density at radius 1 is 0.978 bits per heavy atom. The maximum absolute atomic E-state index is 13.6. The molecule has 0 atom stereocenters. The Bertz CT molecular complexity index is 1950. The summed E-state index contributed by atoms with van der Waals surface area (Å²) in [6.07, 6.45) is 3.51. The second-order valence-corrected chi connectivity index (χ2v) is 12.4. The lowest BCUT2D eigenvalue weighted by atomic mass is 10.1. The van der Waals surface area contributed by atoms with Gasteiger partial charge in [-0.25, -0.2) is 9.78 Å². The smallest absolute Gasteiger partial charge is 0.410 e. The summed E-state index contributed by atoms with van der Waals surface area (Å²) < 4.78 is 9.05. The number of piperazine rings is 1. The third kappa shape index (κ3) is 6.28. The SMILES string of the molecule is CCc1nn(Cc2cccc(C)n2)c2cccc(NC(=O)c3cnc4cc(C(=O)N5CCN(C(=O)OC(C)(C)C)CC5)ccn34)c12. The van der Waals surface area contributed by atoms with E-state index >= 15 is 0 Å². The lowest BCUT2D eigenvalue weighted by molar-refractivity contribution is 0.0141. The highest BCUT2D eigenvalue weighted by Gasteiger charge is 2.28. The molecule has 1 aliphatic rings. The molecular weight excluding hydrogens is 584 g/mol. The van der Waals surface area contributed by atoms with Gasteiger partial charge in [0.15, 0.2) is 0 Å². The van der Waals surface area contributed by atoms with Crippen LogP contribution in [0.2, 0.25) is 0 Å². The molecule has 0 unspecified atom stereocenters. The van der Waals surface area contributed by atoms with Crippen LogP contribution in [0.25, 0.3) is 16.6 Å². The number of benzene rings is 1. The highest BCUT2D eigenvalue weighted by atomic mass is 16.6. The Morgan fingerprint density at radius 3 is 2.43 bits per heavy atom. The van der Waals surface area contributed by atoms with E-state index in [1.165, 1.54) is 6.20 Å². The molecule has 0 saturated carbocycles. The van der Waals surface area contributed by atoms with E-state index in [4.69, 9.17) is 9.84 Å². The number of anilines is 1. The van der Waals surface area contributed by atoms with Gasteiger partial charge in [0.25, 0.3) is 11.8 Å². The number of imidazole rings is 1. The van der Waals surface area contributed by atoms with Crippen molar-refractivity contribution in [3.63, 3.8) is 0 Å². The van der Waals surface area contributed by atoms with Crippen LogP contribution >= 0.6 is 0 Å². The molecule has 5 aromatic rings. The number of amides is 3. The lowest BCUT2D eigenvalue weighted by Crippen LogP contribution is -2.51. The Hall–Kier alpha value is -5.26. The van der Waals surface area contributed by atoms with Crippen LogP contribution in [-0.2, 0) is 17.7 Å². The van der Waals surface area contributed by atoms with Gasteiger partial charge in [0.1, 0.15) is 16.9 Å². The Labute approximate surface area is 267 Å². The zero-order chi connectivity index (χ0) is 32.6. The lowest BCUT2D eigenvalue weighted by Gasteiger charge is -2.35. The second-order valence-electron chi connectivity index (χ2n) is 12.4. The Balaban J connectivity index is 1.17. The summed E-state index contributed by atoms with van der Waals surface area (Å²) in [5.74, 6) is -0.482. The fraction of sp³-hybridized carbons (Fsp3) is 0.353. The van der Waals surface area contributed by atoms with Crippen molar-refractivity contribution in [3.05, 3.63) is 89.3 Å². The number of nitrogens with zero attached hydrogens (tertiary/aromatic N) is 7. The number of ether oxygens (including phenoxy) is 1. The average Bonchev–Trinajstić information content (AvgIpc) is 3.61. The normalized spacial score (nSPS) is 13.8. The first-order valence-electron chi connectivity index (χ1n) is 15.5. The van der Waals surface area contributed by atoms with Crippen LogP contribution in [0.4, 0.5) is 10.5 Å². The summed E-state index contributed by atoms with van der Waals surface area (Å²) >= 11 is 0. The quantitative estimate of drug-likeness (QED) is 0.284. The number of rotatable bonds is 6. The number of nitrogens with one attached hydrogen (secondary N) is 1.